The van der Waals surface area contributed by atoms with Gasteiger partial charge in [0.1, 0.15) is 6.15 Å². The van der Waals surface area contributed by atoms with E-state index in [9.17, 15) is 110 Å². The molecule has 0 fully saturated rings. The minimum atomic E-state index is -6.13. The van der Waals surface area contributed by atoms with Crippen LogP contribution in [0.2, 0.25) is 0 Å². The molecule has 0 bridgehead atoms. The van der Waals surface area contributed by atoms with Crippen LogP contribution in [0.5, 0.6) is 0 Å². The van der Waals surface area contributed by atoms with Crippen molar-refractivity contribution in [1.29, 1.82) is 5.26 Å². The van der Waals surface area contributed by atoms with Gasteiger partial charge in [-0.1, -0.05) is 91.0 Å². The Kier molecular flexibility index (Phi) is 16.5. The Morgan fingerprint density at radius 2 is 0.613 bits per heavy atom. The molecule has 1 heterocycles. The first-order valence-electron chi connectivity index (χ1n) is 22.0. The van der Waals surface area contributed by atoms with Crippen molar-refractivity contribution in [2.75, 3.05) is 0 Å². The van der Waals surface area contributed by atoms with Crippen LogP contribution < -0.4 is 26.4 Å². The van der Waals surface area contributed by atoms with E-state index in [1.807, 2.05) is 71.6 Å². The second-order valence-electron chi connectivity index (χ2n) is 17.5. The number of aromatic nitrogens is 1. The predicted molar refractivity (Wildman–Crippen MR) is 238 cm³/mol. The summed E-state index contributed by atoms with van der Waals surface area (Å²) < 4.78 is 343. The number of halogens is 24. The van der Waals surface area contributed by atoms with E-state index in [0.29, 0.717) is 12.1 Å². The van der Waals surface area contributed by atoms with Crippen molar-refractivity contribution < 1.29 is 115 Å². The summed E-state index contributed by atoms with van der Waals surface area (Å²) in [7, 11) is 0. The molecule has 0 aliphatic carbocycles. The summed E-state index contributed by atoms with van der Waals surface area (Å²) >= 11 is 0. The van der Waals surface area contributed by atoms with Crippen LogP contribution in [0, 0.1) is 11.3 Å². The fourth-order valence-corrected chi connectivity index (χ4v) is 8.44. The summed E-state index contributed by atoms with van der Waals surface area (Å²) in [5, 5.41) is 8.83. The van der Waals surface area contributed by atoms with Gasteiger partial charge in [-0.15, -0.1) is 0 Å². The quantitative estimate of drug-likeness (QED) is 0.0659. The Morgan fingerprint density at radius 3 is 0.850 bits per heavy atom. The third-order valence-electron chi connectivity index (χ3n) is 12.1. The standard InChI is InChI=1S/C32H12BF24.C20H15N2O/c34-25(35,36)13-1-14(26(37,38)39)6-21(5-13)33(22-7-15(27(40,41)42)2-16(8-22)28(43,44)45,23-9-17(29(46,47)48)3-18(10-23)30(49,50)51)24-11-19(31(52,53)54)4-20(12-24)32(55,56)57;21-14-16-6-8-17(9-7-16)18-10-12-22(13-11-18)15-20(23)19-4-2-1-3-5-19/h1-12H;1-13H,15H2/q-1;+1. The maximum Gasteiger partial charge on any atom is 0.416 e. The van der Waals surface area contributed by atoms with Crippen molar-refractivity contribution in [2.45, 2.75) is 56.0 Å². The number of nitrogens with zero attached hydrogens (tertiary/aromatic N) is 2. The Bertz CT molecular complexity index is 2980. The molecule has 0 unspecified atom stereocenters. The molecular weight excluding hydrogens is 1140 g/mol. The molecule has 0 aliphatic rings. The predicted octanol–water partition coefficient (Wildman–Crippen LogP) is 14.6. The molecule has 0 amide bonds. The lowest BCUT2D eigenvalue weighted by Gasteiger charge is -2.46. The SMILES string of the molecule is FC(F)(F)c1cc([B-](c2cc(C(F)(F)F)cc(C(F)(F)F)c2)(c2cc(C(F)(F)F)cc(C(F)(F)F)c2)c2cc(C(F)(F)F)cc(C(F)(F)F)c2)cc(C(F)(F)F)c1.N#Cc1ccc(-c2cc[n+](CC(=O)c3ccccc3)cc2)cc1. The maximum absolute atomic E-state index is 14.2. The van der Waals surface area contributed by atoms with Crippen molar-refractivity contribution in [3.8, 4) is 17.2 Å². The van der Waals surface area contributed by atoms with Crippen LogP contribution in [0.4, 0.5) is 105 Å². The Morgan fingerprint density at radius 1 is 0.362 bits per heavy atom. The zero-order valence-electron chi connectivity index (χ0n) is 39.1. The van der Waals surface area contributed by atoms with E-state index in [4.69, 9.17) is 5.26 Å². The number of alkyl halides is 24. The number of rotatable bonds is 8. The molecule has 0 spiro atoms. The van der Waals surface area contributed by atoms with E-state index in [0.717, 1.165) is 16.7 Å². The zero-order chi connectivity index (χ0) is 60.0. The maximum atomic E-state index is 14.2. The highest BCUT2D eigenvalue weighted by Crippen LogP contribution is 2.41. The van der Waals surface area contributed by atoms with E-state index < -0.39 is 195 Å². The van der Waals surface area contributed by atoms with Gasteiger partial charge in [0.25, 0.3) is 0 Å². The second-order valence-corrected chi connectivity index (χ2v) is 17.5. The zero-order valence-corrected chi connectivity index (χ0v) is 39.1. The fraction of sp³-hybridized carbons (Fsp3) is 0.173. The first-order chi connectivity index (χ1) is 36.5. The van der Waals surface area contributed by atoms with Gasteiger partial charge in [0, 0.05) is 17.7 Å². The average molecular weight is 1160 g/mol. The van der Waals surface area contributed by atoms with Gasteiger partial charge in [-0.25, -0.2) is 0 Å². The van der Waals surface area contributed by atoms with Crippen LogP contribution in [-0.4, -0.2) is 11.9 Å². The third-order valence-corrected chi connectivity index (χ3v) is 12.1. The van der Waals surface area contributed by atoms with Gasteiger partial charge in [0.15, 0.2) is 12.4 Å². The molecular formula is C52H27BF24N2O. The molecule has 0 saturated heterocycles. The van der Waals surface area contributed by atoms with Crippen LogP contribution in [-0.2, 0) is 56.0 Å². The minimum Gasteiger partial charge on any atom is -0.287 e. The number of Topliss-reactive ketones (excluding diaryl/α,β-unsaturated/α-hetero) is 1. The summed E-state index contributed by atoms with van der Waals surface area (Å²) in [5.74, 6) is 0.0849. The molecule has 0 atom stereocenters. The van der Waals surface area contributed by atoms with E-state index in [2.05, 4.69) is 6.07 Å². The van der Waals surface area contributed by atoms with Crippen molar-refractivity contribution >= 4 is 33.8 Å². The Hall–Kier alpha value is -7.99. The molecule has 7 aromatic rings. The second kappa shape index (κ2) is 21.6. The number of nitriles is 1. The number of carbonyl (C=O) groups is 1. The topological polar surface area (TPSA) is 44.7 Å². The van der Waals surface area contributed by atoms with Crippen LogP contribution in [0.3, 0.4) is 0 Å². The van der Waals surface area contributed by atoms with Crippen molar-refractivity contribution in [2.24, 2.45) is 0 Å². The lowest BCUT2D eigenvalue weighted by atomic mass is 9.12. The summed E-state index contributed by atoms with van der Waals surface area (Å²) in [6, 6.07) is 14.0. The number of benzene rings is 6. The van der Waals surface area contributed by atoms with E-state index in [1.54, 1.807) is 12.1 Å². The number of hydrogen-bond acceptors (Lipinski definition) is 2. The van der Waals surface area contributed by atoms with Crippen molar-refractivity contribution in [3.63, 3.8) is 0 Å². The molecule has 28 heteroatoms. The van der Waals surface area contributed by atoms with Gasteiger partial charge in [0.2, 0.25) is 12.3 Å². The molecule has 80 heavy (non-hydrogen) atoms. The smallest absolute Gasteiger partial charge is 0.287 e. The Labute approximate surface area is 433 Å². The number of pyridine rings is 1. The molecule has 6 aromatic carbocycles. The van der Waals surface area contributed by atoms with Crippen LogP contribution in [0.1, 0.15) is 60.4 Å². The normalized spacial score (nSPS) is 13.1. The summed E-state index contributed by atoms with van der Waals surface area (Å²) in [6.07, 6.45) is -51.0. The summed E-state index contributed by atoms with van der Waals surface area (Å²) in [5.41, 5.74) is -26.7. The van der Waals surface area contributed by atoms with Gasteiger partial charge in [-0.05, 0) is 47.5 Å². The first kappa shape index (κ1) is 61.2. The van der Waals surface area contributed by atoms with Crippen LogP contribution >= 0.6 is 0 Å². The highest BCUT2D eigenvalue weighted by Gasteiger charge is 2.47. The molecule has 0 aliphatic heterocycles. The number of carbonyl (C=O) groups excluding carboxylic acids is 1. The molecule has 0 radical (unpaired) electrons. The van der Waals surface area contributed by atoms with E-state index in [1.165, 1.54) is 0 Å². The largest absolute Gasteiger partial charge is 0.416 e. The van der Waals surface area contributed by atoms with Gasteiger partial charge in [-0.2, -0.15) is 137 Å². The number of hydrogen-bond donors (Lipinski definition) is 0. The molecule has 0 saturated carbocycles. The van der Waals surface area contributed by atoms with Crippen LogP contribution in [0.15, 0.2) is 152 Å². The molecule has 422 valence electrons. The summed E-state index contributed by atoms with van der Waals surface area (Å²) in [6.45, 7) is 0.317. The first-order valence-corrected chi connectivity index (χ1v) is 22.0. The monoisotopic (exact) mass is 1160 g/mol. The highest BCUT2D eigenvalue weighted by atomic mass is 19.4. The third kappa shape index (κ3) is 14.1. The molecule has 7 rings (SSSR count). The minimum absolute atomic E-state index is 0.0849. The lowest BCUT2D eigenvalue weighted by Crippen LogP contribution is -2.75. The van der Waals surface area contributed by atoms with Gasteiger partial charge in [0.05, 0.1) is 56.1 Å². The van der Waals surface area contributed by atoms with Crippen LogP contribution in [0.25, 0.3) is 11.1 Å². The van der Waals surface area contributed by atoms with Crippen molar-refractivity contribution in [3.05, 3.63) is 208 Å². The molecule has 0 N–H and O–H groups in total. The van der Waals surface area contributed by atoms with E-state index in [-0.39, 0.29) is 5.78 Å². The number of ketones is 1. The Balaban J connectivity index is 0.000000370. The van der Waals surface area contributed by atoms with E-state index >= 15 is 0 Å². The fourth-order valence-electron chi connectivity index (χ4n) is 8.44. The molecule has 1 aromatic heterocycles. The van der Waals surface area contributed by atoms with Gasteiger partial charge >= 0.3 is 49.4 Å². The van der Waals surface area contributed by atoms with Gasteiger partial charge in [-0.3, -0.25) is 4.79 Å². The van der Waals surface area contributed by atoms with Gasteiger partial charge < -0.3 is 0 Å². The molecule has 3 nitrogen and oxygen atoms in total. The summed E-state index contributed by atoms with van der Waals surface area (Å²) in [4.78, 5) is 12.2. The van der Waals surface area contributed by atoms with Crippen molar-refractivity contribution in [1.82, 2.24) is 0 Å². The lowest BCUT2D eigenvalue weighted by molar-refractivity contribution is -0.683. The highest BCUT2D eigenvalue weighted by molar-refractivity contribution is 7.20. The average Bonchev–Trinajstić information content (AvgIpc) is 3.41.